The van der Waals surface area contributed by atoms with Gasteiger partial charge in [-0.25, -0.2) is 13.4 Å². The zero-order chi connectivity index (χ0) is 20.0. The Labute approximate surface area is 171 Å². The van der Waals surface area contributed by atoms with Gasteiger partial charge in [0.25, 0.3) is 10.0 Å². The molecule has 2 aromatic carbocycles. The fourth-order valence-corrected chi connectivity index (χ4v) is 4.30. The van der Waals surface area contributed by atoms with Crippen LogP contribution in [-0.4, -0.2) is 24.4 Å². The second kappa shape index (κ2) is 8.91. The van der Waals surface area contributed by atoms with Crippen molar-refractivity contribution in [1.82, 2.24) is 10.3 Å². The second-order valence-corrected chi connectivity index (χ2v) is 8.62. The Kier molecular flexibility index (Phi) is 6.34. The molecule has 0 bridgehead atoms. The summed E-state index contributed by atoms with van der Waals surface area (Å²) in [5, 5.41) is 7.56. The van der Waals surface area contributed by atoms with Crippen LogP contribution in [0, 0.1) is 0 Å². The van der Waals surface area contributed by atoms with Crippen molar-refractivity contribution in [3.63, 3.8) is 0 Å². The molecule has 0 saturated carbocycles. The summed E-state index contributed by atoms with van der Waals surface area (Å²) in [6.07, 6.45) is 1.73. The van der Waals surface area contributed by atoms with Crippen molar-refractivity contribution >= 4 is 55.4 Å². The van der Waals surface area contributed by atoms with Crippen LogP contribution in [0.2, 0.25) is 0 Å². The third-order valence-corrected chi connectivity index (χ3v) is 5.91. The molecule has 144 valence electrons. The minimum atomic E-state index is -3.71. The van der Waals surface area contributed by atoms with Crippen LogP contribution in [-0.2, 0) is 21.2 Å². The van der Waals surface area contributed by atoms with E-state index < -0.39 is 10.0 Å². The second-order valence-electron chi connectivity index (χ2n) is 5.63. The standard InChI is InChI=1S/C18H16N4O3S3/c23-16(12-13-4-2-1-3-5-13)21-17(26)20-14-6-8-15(9-7-14)28(24,25)22-18-19-10-11-27-18/h1-11H,12H2,(H,19,22)(H2,20,21,23,26). The molecule has 1 aromatic heterocycles. The number of anilines is 2. The van der Waals surface area contributed by atoms with Crippen molar-refractivity contribution in [2.24, 2.45) is 0 Å². The van der Waals surface area contributed by atoms with E-state index >= 15 is 0 Å². The van der Waals surface area contributed by atoms with E-state index in [1.54, 1.807) is 17.5 Å². The number of carbonyl (C=O) groups excluding carboxylic acids is 1. The molecule has 0 aliphatic rings. The van der Waals surface area contributed by atoms with Crippen LogP contribution >= 0.6 is 23.6 Å². The lowest BCUT2D eigenvalue weighted by Gasteiger charge is -2.10. The van der Waals surface area contributed by atoms with E-state index in [9.17, 15) is 13.2 Å². The van der Waals surface area contributed by atoms with Gasteiger partial charge in [0, 0.05) is 17.3 Å². The van der Waals surface area contributed by atoms with Crippen LogP contribution in [0.15, 0.2) is 71.1 Å². The molecule has 0 atom stereocenters. The normalized spacial score (nSPS) is 10.9. The fraction of sp³-hybridized carbons (Fsp3) is 0.0556. The summed E-state index contributed by atoms with van der Waals surface area (Å²) in [7, 11) is -3.71. The van der Waals surface area contributed by atoms with E-state index in [1.165, 1.54) is 29.7 Å². The first-order chi connectivity index (χ1) is 13.4. The molecule has 1 heterocycles. The highest BCUT2D eigenvalue weighted by molar-refractivity contribution is 7.93. The van der Waals surface area contributed by atoms with Gasteiger partial charge in [0.1, 0.15) is 0 Å². The maximum Gasteiger partial charge on any atom is 0.263 e. The van der Waals surface area contributed by atoms with Gasteiger partial charge < -0.3 is 10.6 Å². The number of thiazole rings is 1. The van der Waals surface area contributed by atoms with Gasteiger partial charge in [-0.3, -0.25) is 9.52 Å². The van der Waals surface area contributed by atoms with Crippen molar-refractivity contribution in [2.45, 2.75) is 11.3 Å². The predicted molar refractivity (Wildman–Crippen MR) is 114 cm³/mol. The summed E-state index contributed by atoms with van der Waals surface area (Å²) >= 11 is 6.32. The minimum Gasteiger partial charge on any atom is -0.332 e. The number of hydrogen-bond donors (Lipinski definition) is 3. The lowest BCUT2D eigenvalue weighted by molar-refractivity contribution is -0.119. The number of hydrogen-bond acceptors (Lipinski definition) is 6. The lowest BCUT2D eigenvalue weighted by atomic mass is 10.1. The summed E-state index contributed by atoms with van der Waals surface area (Å²) in [5.41, 5.74) is 1.43. The average molecular weight is 433 g/mol. The van der Waals surface area contributed by atoms with Crippen molar-refractivity contribution in [2.75, 3.05) is 10.0 Å². The van der Waals surface area contributed by atoms with E-state index in [0.717, 1.165) is 5.56 Å². The largest absolute Gasteiger partial charge is 0.332 e. The molecule has 1 amide bonds. The highest BCUT2D eigenvalue weighted by Gasteiger charge is 2.15. The first-order valence-corrected chi connectivity index (χ1v) is 10.9. The average Bonchev–Trinajstić information content (AvgIpc) is 3.15. The summed E-state index contributed by atoms with van der Waals surface area (Å²) < 4.78 is 27.0. The first kappa shape index (κ1) is 19.9. The van der Waals surface area contributed by atoms with Gasteiger partial charge in [-0.1, -0.05) is 30.3 Å². The summed E-state index contributed by atoms with van der Waals surface area (Å²) in [6, 6.07) is 15.3. The zero-order valence-electron chi connectivity index (χ0n) is 14.5. The number of aromatic nitrogens is 1. The highest BCUT2D eigenvalue weighted by atomic mass is 32.2. The predicted octanol–water partition coefficient (Wildman–Crippen LogP) is 3.00. The highest BCUT2D eigenvalue weighted by Crippen LogP contribution is 2.19. The maximum absolute atomic E-state index is 12.3. The SMILES string of the molecule is O=C(Cc1ccccc1)NC(=S)Nc1ccc(S(=O)(=O)Nc2nccs2)cc1. The smallest absolute Gasteiger partial charge is 0.263 e. The number of benzene rings is 2. The monoisotopic (exact) mass is 432 g/mol. The Morgan fingerprint density at radius 1 is 1.07 bits per heavy atom. The third kappa shape index (κ3) is 5.59. The minimum absolute atomic E-state index is 0.0901. The molecular weight excluding hydrogens is 416 g/mol. The van der Waals surface area contributed by atoms with Crippen LogP contribution < -0.4 is 15.4 Å². The molecular formula is C18H16N4O3S3. The lowest BCUT2D eigenvalue weighted by Crippen LogP contribution is -2.35. The Morgan fingerprint density at radius 2 is 1.79 bits per heavy atom. The topological polar surface area (TPSA) is 100 Å². The van der Waals surface area contributed by atoms with Crippen LogP contribution in [0.5, 0.6) is 0 Å². The molecule has 3 rings (SSSR count). The van der Waals surface area contributed by atoms with E-state index in [2.05, 4.69) is 20.3 Å². The van der Waals surface area contributed by atoms with Crippen molar-refractivity contribution < 1.29 is 13.2 Å². The van der Waals surface area contributed by atoms with Gasteiger partial charge in [0.05, 0.1) is 11.3 Å². The number of carbonyl (C=O) groups is 1. The summed E-state index contributed by atoms with van der Waals surface area (Å²) in [6.45, 7) is 0. The molecule has 0 fully saturated rings. The molecule has 0 radical (unpaired) electrons. The number of rotatable bonds is 6. The zero-order valence-corrected chi connectivity index (χ0v) is 16.9. The third-order valence-electron chi connectivity index (χ3n) is 3.54. The van der Waals surface area contributed by atoms with Crippen molar-refractivity contribution in [3.05, 3.63) is 71.7 Å². The van der Waals surface area contributed by atoms with Crippen LogP contribution in [0.4, 0.5) is 10.8 Å². The molecule has 7 nitrogen and oxygen atoms in total. The number of thiocarbonyl (C=S) groups is 1. The molecule has 3 N–H and O–H groups in total. The molecule has 0 aliphatic heterocycles. The van der Waals surface area contributed by atoms with Gasteiger partial charge in [-0.2, -0.15) is 0 Å². The van der Waals surface area contributed by atoms with Crippen molar-refractivity contribution in [3.8, 4) is 0 Å². The fourth-order valence-electron chi connectivity index (χ4n) is 2.28. The van der Waals surface area contributed by atoms with E-state index in [0.29, 0.717) is 10.8 Å². The molecule has 0 unspecified atom stereocenters. The summed E-state index contributed by atoms with van der Waals surface area (Å²) in [5.74, 6) is -0.240. The Balaban J connectivity index is 1.56. The van der Waals surface area contributed by atoms with Gasteiger partial charge >= 0.3 is 0 Å². The molecule has 0 spiro atoms. The van der Waals surface area contributed by atoms with Crippen LogP contribution in [0.1, 0.15) is 5.56 Å². The molecule has 0 saturated heterocycles. The number of nitrogens with zero attached hydrogens (tertiary/aromatic N) is 1. The maximum atomic E-state index is 12.3. The molecule has 0 aliphatic carbocycles. The van der Waals surface area contributed by atoms with Gasteiger partial charge in [-0.05, 0) is 42.0 Å². The molecule has 10 heteroatoms. The number of nitrogens with one attached hydrogen (secondary N) is 3. The van der Waals surface area contributed by atoms with E-state index in [-0.39, 0.29) is 22.3 Å². The number of sulfonamides is 1. The summed E-state index contributed by atoms with van der Waals surface area (Å²) in [4.78, 5) is 16.0. The Hall–Kier alpha value is -2.82. The molecule has 3 aromatic rings. The molecule has 28 heavy (non-hydrogen) atoms. The van der Waals surface area contributed by atoms with E-state index in [1.807, 2.05) is 30.3 Å². The van der Waals surface area contributed by atoms with E-state index in [4.69, 9.17) is 12.2 Å². The quantitative estimate of drug-likeness (QED) is 0.518. The van der Waals surface area contributed by atoms with Crippen molar-refractivity contribution in [1.29, 1.82) is 0 Å². The Bertz CT molecular complexity index is 1050. The van der Waals surface area contributed by atoms with Crippen LogP contribution in [0.3, 0.4) is 0 Å². The van der Waals surface area contributed by atoms with Crippen LogP contribution in [0.25, 0.3) is 0 Å². The van der Waals surface area contributed by atoms with Gasteiger partial charge in [-0.15, -0.1) is 11.3 Å². The number of amides is 1. The Morgan fingerprint density at radius 3 is 2.43 bits per heavy atom. The first-order valence-electron chi connectivity index (χ1n) is 8.09. The van der Waals surface area contributed by atoms with Gasteiger partial charge in [0.2, 0.25) is 5.91 Å². The van der Waals surface area contributed by atoms with Gasteiger partial charge in [0.15, 0.2) is 10.2 Å².